The van der Waals surface area contributed by atoms with Gasteiger partial charge < -0.3 is 10.1 Å². The minimum absolute atomic E-state index is 0.361. The Balaban J connectivity index is 1.81. The highest BCUT2D eigenvalue weighted by Crippen LogP contribution is 2.38. The molecule has 1 aromatic carbocycles. The van der Waals surface area contributed by atoms with Gasteiger partial charge in [-0.15, -0.1) is 0 Å². The molecule has 4 nitrogen and oxygen atoms in total. The summed E-state index contributed by atoms with van der Waals surface area (Å²) in [5.41, 5.74) is 0.571. The maximum absolute atomic E-state index is 9.66. The molecular formula is C15H19N3O. The van der Waals surface area contributed by atoms with Crippen LogP contribution in [0.3, 0.4) is 0 Å². The molecule has 3 rings (SSSR count). The van der Waals surface area contributed by atoms with E-state index in [0.29, 0.717) is 6.04 Å². The predicted octanol–water partition coefficient (Wildman–Crippen LogP) is 2.24. The fourth-order valence-corrected chi connectivity index (χ4v) is 3.37. The molecule has 4 heteroatoms. The van der Waals surface area contributed by atoms with Crippen LogP contribution in [0, 0.1) is 11.3 Å². The third kappa shape index (κ3) is 2.04. The summed E-state index contributed by atoms with van der Waals surface area (Å²) in [5, 5.41) is 13.1. The highest BCUT2D eigenvalue weighted by molar-refractivity contribution is 5.51. The number of ether oxygens (including phenoxy) is 1. The highest BCUT2D eigenvalue weighted by atomic mass is 16.5. The summed E-state index contributed by atoms with van der Waals surface area (Å²) in [5.74, 6) is 0.838. The molecule has 0 bridgehead atoms. The van der Waals surface area contributed by atoms with E-state index in [1.165, 1.54) is 6.42 Å². The van der Waals surface area contributed by atoms with E-state index in [-0.39, 0.29) is 0 Å². The van der Waals surface area contributed by atoms with Crippen molar-refractivity contribution in [1.82, 2.24) is 4.90 Å². The van der Waals surface area contributed by atoms with Crippen LogP contribution in [0.2, 0.25) is 0 Å². The van der Waals surface area contributed by atoms with Crippen LogP contribution >= 0.6 is 0 Å². The van der Waals surface area contributed by atoms with E-state index in [2.05, 4.69) is 16.3 Å². The van der Waals surface area contributed by atoms with Gasteiger partial charge >= 0.3 is 0 Å². The largest absolute Gasteiger partial charge is 0.497 e. The van der Waals surface area contributed by atoms with Crippen molar-refractivity contribution in [2.75, 3.05) is 25.5 Å². The summed E-state index contributed by atoms with van der Waals surface area (Å²) < 4.78 is 5.16. The summed E-state index contributed by atoms with van der Waals surface area (Å²) in [6, 6.07) is 10.7. The second kappa shape index (κ2) is 4.75. The Morgan fingerprint density at radius 1 is 1.37 bits per heavy atom. The van der Waals surface area contributed by atoms with Crippen LogP contribution in [-0.4, -0.2) is 36.7 Å². The molecule has 0 radical (unpaired) electrons. The summed E-state index contributed by atoms with van der Waals surface area (Å²) >= 11 is 0. The second-order valence-electron chi connectivity index (χ2n) is 5.38. The SMILES string of the molecule is COc1ccc(NC2(C#N)CCN3CCCC32)cc1. The Hall–Kier alpha value is -1.73. The molecule has 2 aliphatic heterocycles. The molecule has 2 saturated heterocycles. The summed E-state index contributed by atoms with van der Waals surface area (Å²) in [6.45, 7) is 2.17. The van der Waals surface area contributed by atoms with Gasteiger partial charge in [0.1, 0.15) is 11.3 Å². The van der Waals surface area contributed by atoms with Crippen LogP contribution < -0.4 is 10.1 Å². The zero-order chi connectivity index (χ0) is 13.3. The minimum atomic E-state index is -0.426. The number of hydrogen-bond acceptors (Lipinski definition) is 4. The lowest BCUT2D eigenvalue weighted by Crippen LogP contribution is -2.46. The van der Waals surface area contributed by atoms with E-state index in [1.807, 2.05) is 24.3 Å². The van der Waals surface area contributed by atoms with Gasteiger partial charge in [-0.2, -0.15) is 5.26 Å². The van der Waals surface area contributed by atoms with E-state index >= 15 is 0 Å². The lowest BCUT2D eigenvalue weighted by molar-refractivity contribution is 0.301. The molecule has 100 valence electrons. The highest BCUT2D eigenvalue weighted by Gasteiger charge is 2.49. The van der Waals surface area contributed by atoms with Gasteiger partial charge in [-0.3, -0.25) is 4.90 Å². The van der Waals surface area contributed by atoms with Crippen LogP contribution in [-0.2, 0) is 0 Å². The molecule has 19 heavy (non-hydrogen) atoms. The molecule has 2 atom stereocenters. The monoisotopic (exact) mass is 257 g/mol. The molecule has 2 heterocycles. The van der Waals surface area contributed by atoms with Crippen molar-refractivity contribution in [2.24, 2.45) is 0 Å². The van der Waals surface area contributed by atoms with Crippen LogP contribution in [0.4, 0.5) is 5.69 Å². The smallest absolute Gasteiger partial charge is 0.142 e. The Morgan fingerprint density at radius 3 is 2.84 bits per heavy atom. The van der Waals surface area contributed by atoms with Crippen molar-refractivity contribution >= 4 is 5.69 Å². The number of rotatable bonds is 3. The summed E-state index contributed by atoms with van der Waals surface area (Å²) in [4.78, 5) is 2.44. The van der Waals surface area contributed by atoms with E-state index in [1.54, 1.807) is 7.11 Å². The average Bonchev–Trinajstić information content (AvgIpc) is 3.04. The number of nitriles is 1. The van der Waals surface area contributed by atoms with Gasteiger partial charge in [-0.25, -0.2) is 0 Å². The van der Waals surface area contributed by atoms with Crippen molar-refractivity contribution in [3.05, 3.63) is 24.3 Å². The van der Waals surface area contributed by atoms with Crippen LogP contribution in [0.1, 0.15) is 19.3 Å². The first kappa shape index (κ1) is 12.3. The van der Waals surface area contributed by atoms with Crippen LogP contribution in [0.25, 0.3) is 0 Å². The molecule has 1 N–H and O–H groups in total. The van der Waals surface area contributed by atoms with E-state index < -0.39 is 5.54 Å². The molecular weight excluding hydrogens is 238 g/mol. The van der Waals surface area contributed by atoms with Crippen molar-refractivity contribution in [3.63, 3.8) is 0 Å². The normalized spacial score (nSPS) is 29.8. The summed E-state index contributed by atoms with van der Waals surface area (Å²) in [7, 11) is 1.66. The van der Waals surface area contributed by atoms with Gasteiger partial charge in [-0.05, 0) is 50.1 Å². The molecule has 2 aliphatic rings. The Morgan fingerprint density at radius 2 is 2.16 bits per heavy atom. The topological polar surface area (TPSA) is 48.3 Å². The number of hydrogen-bond donors (Lipinski definition) is 1. The molecule has 0 saturated carbocycles. The molecule has 1 aromatic rings. The number of methoxy groups -OCH3 is 1. The Bertz CT molecular complexity index is 493. The van der Waals surface area contributed by atoms with Gasteiger partial charge in [0.05, 0.1) is 13.2 Å². The van der Waals surface area contributed by atoms with Crippen molar-refractivity contribution in [2.45, 2.75) is 30.8 Å². The molecule has 0 aliphatic carbocycles. The van der Waals surface area contributed by atoms with E-state index in [0.717, 1.165) is 37.4 Å². The second-order valence-corrected chi connectivity index (χ2v) is 5.38. The van der Waals surface area contributed by atoms with Gasteiger partial charge in [-0.1, -0.05) is 0 Å². The number of benzene rings is 1. The number of anilines is 1. The quantitative estimate of drug-likeness (QED) is 0.902. The van der Waals surface area contributed by atoms with Gasteiger partial charge in [0.25, 0.3) is 0 Å². The first-order chi connectivity index (χ1) is 9.27. The fourth-order valence-electron chi connectivity index (χ4n) is 3.37. The van der Waals surface area contributed by atoms with Crippen molar-refractivity contribution in [3.8, 4) is 11.8 Å². The van der Waals surface area contributed by atoms with Crippen molar-refractivity contribution in [1.29, 1.82) is 5.26 Å². The Labute approximate surface area is 114 Å². The lowest BCUT2D eigenvalue weighted by Gasteiger charge is -2.30. The predicted molar refractivity (Wildman–Crippen MR) is 74.2 cm³/mol. The number of fused-ring (bicyclic) bond motifs is 1. The first-order valence-electron chi connectivity index (χ1n) is 6.85. The average molecular weight is 257 g/mol. The zero-order valence-corrected chi connectivity index (χ0v) is 11.2. The number of nitrogens with zero attached hydrogens (tertiary/aromatic N) is 2. The van der Waals surface area contributed by atoms with Gasteiger partial charge in [0, 0.05) is 18.3 Å². The van der Waals surface area contributed by atoms with Crippen molar-refractivity contribution < 1.29 is 4.74 Å². The van der Waals surface area contributed by atoms with Crippen LogP contribution in [0.5, 0.6) is 5.75 Å². The molecule has 2 unspecified atom stereocenters. The standard InChI is InChI=1S/C15H19N3O/c1-19-13-6-4-12(5-7-13)17-15(11-16)8-10-18-9-2-3-14(15)18/h4-7,14,17H,2-3,8-10H2,1H3. The third-order valence-electron chi connectivity index (χ3n) is 4.38. The maximum Gasteiger partial charge on any atom is 0.142 e. The first-order valence-corrected chi connectivity index (χ1v) is 6.85. The zero-order valence-electron chi connectivity index (χ0n) is 11.2. The molecule has 0 spiro atoms. The molecule has 2 fully saturated rings. The van der Waals surface area contributed by atoms with Gasteiger partial charge in [0.15, 0.2) is 0 Å². The third-order valence-corrected chi connectivity index (χ3v) is 4.38. The molecule has 0 amide bonds. The van der Waals surface area contributed by atoms with Gasteiger partial charge in [0.2, 0.25) is 0 Å². The fraction of sp³-hybridized carbons (Fsp3) is 0.533. The number of nitrogens with one attached hydrogen (secondary N) is 1. The van der Waals surface area contributed by atoms with Crippen LogP contribution in [0.15, 0.2) is 24.3 Å². The maximum atomic E-state index is 9.66. The lowest BCUT2D eigenvalue weighted by atomic mass is 9.90. The van der Waals surface area contributed by atoms with E-state index in [4.69, 9.17) is 4.74 Å². The summed E-state index contributed by atoms with van der Waals surface area (Å²) in [6.07, 6.45) is 3.23. The Kier molecular flexibility index (Phi) is 3.08. The molecule has 0 aromatic heterocycles. The van der Waals surface area contributed by atoms with E-state index in [9.17, 15) is 5.26 Å². The minimum Gasteiger partial charge on any atom is -0.497 e.